The van der Waals surface area contributed by atoms with Crippen molar-refractivity contribution in [1.82, 2.24) is 5.32 Å². The molecule has 0 heterocycles. The van der Waals surface area contributed by atoms with Crippen LogP contribution in [0.15, 0.2) is 55.1 Å². The molecule has 2 aliphatic rings. The molecule has 2 saturated carbocycles. The molecule has 0 radical (unpaired) electrons. The minimum absolute atomic E-state index is 0.0792. The normalized spacial score (nSPS) is 27.6. The molecule has 14 heteroatoms. The quantitative estimate of drug-likeness (QED) is 0.0903. The number of rotatable bonds is 11. The lowest BCUT2D eigenvalue weighted by molar-refractivity contribution is -0.384. The number of benzene rings is 2. The molecule has 1 amide bonds. The molecule has 45 heavy (non-hydrogen) atoms. The van der Waals surface area contributed by atoms with Crippen LogP contribution in [0.1, 0.15) is 48.0 Å². The molecule has 0 saturated heterocycles. The highest BCUT2D eigenvalue weighted by Gasteiger charge is 2.65. The van der Waals surface area contributed by atoms with Crippen molar-refractivity contribution in [1.29, 1.82) is 0 Å². The fraction of sp³-hybridized carbons (Fsp3) is 0.484. The van der Waals surface area contributed by atoms with Crippen LogP contribution in [0, 0.1) is 26.9 Å². The van der Waals surface area contributed by atoms with Crippen LogP contribution in [0.25, 0.3) is 0 Å². The van der Waals surface area contributed by atoms with Crippen LogP contribution in [-0.2, 0) is 23.8 Å². The van der Waals surface area contributed by atoms with Crippen LogP contribution in [0.5, 0.6) is 11.5 Å². The first-order valence-corrected chi connectivity index (χ1v) is 16.0. The number of esters is 1. The van der Waals surface area contributed by atoms with E-state index < -0.39 is 56.0 Å². The summed E-state index contributed by atoms with van der Waals surface area (Å²) in [6.07, 6.45) is 3.26. The maximum Gasteiger partial charge on any atom is 0.407 e. The van der Waals surface area contributed by atoms with Gasteiger partial charge in [-0.1, -0.05) is 25.1 Å². The van der Waals surface area contributed by atoms with E-state index in [0.717, 1.165) is 6.26 Å². The average Bonchev–Trinajstić information content (AvgIpc) is 3.35. The van der Waals surface area contributed by atoms with Gasteiger partial charge in [0.15, 0.2) is 11.5 Å². The summed E-state index contributed by atoms with van der Waals surface area (Å²) in [6.45, 7) is 6.06. The molecule has 0 aromatic heterocycles. The molecule has 0 spiro atoms. The summed E-state index contributed by atoms with van der Waals surface area (Å²) in [4.78, 5) is 36.3. The summed E-state index contributed by atoms with van der Waals surface area (Å²) in [5.74, 6) is -1.16. The first-order chi connectivity index (χ1) is 21.2. The molecular formula is C31H38N2O11S. The van der Waals surface area contributed by atoms with Crippen molar-refractivity contribution < 1.29 is 46.1 Å². The van der Waals surface area contributed by atoms with E-state index in [4.69, 9.17) is 23.1 Å². The zero-order chi connectivity index (χ0) is 33.2. The molecule has 2 aliphatic carbocycles. The summed E-state index contributed by atoms with van der Waals surface area (Å²) >= 11 is 0. The van der Waals surface area contributed by atoms with E-state index >= 15 is 0 Å². The van der Waals surface area contributed by atoms with E-state index in [9.17, 15) is 28.1 Å². The number of hydrogen-bond donors (Lipinski definition) is 1. The zero-order valence-corrected chi connectivity index (χ0v) is 26.6. The van der Waals surface area contributed by atoms with Crippen molar-refractivity contribution in [3.05, 3.63) is 76.4 Å². The van der Waals surface area contributed by atoms with E-state index in [2.05, 4.69) is 11.9 Å². The Hall–Kier alpha value is -4.01. The number of carbonyl (C=O) groups excluding carboxylic acids is 2. The Labute approximate surface area is 262 Å². The second kappa shape index (κ2) is 13.2. The van der Waals surface area contributed by atoms with Gasteiger partial charge < -0.3 is 24.3 Å². The van der Waals surface area contributed by atoms with Crippen molar-refractivity contribution in [3.63, 3.8) is 0 Å². The molecule has 2 aromatic carbocycles. The number of non-ortho nitro benzene ring substituents is 1. The molecule has 2 fully saturated rings. The third-order valence-corrected chi connectivity index (χ3v) is 9.79. The van der Waals surface area contributed by atoms with Crippen LogP contribution >= 0.6 is 0 Å². The molecule has 0 aliphatic heterocycles. The lowest BCUT2D eigenvalue weighted by atomic mass is 9.54. The summed E-state index contributed by atoms with van der Waals surface area (Å²) in [6, 6.07) is 9.40. The van der Waals surface area contributed by atoms with Crippen molar-refractivity contribution in [2.45, 2.75) is 44.2 Å². The van der Waals surface area contributed by atoms with E-state index in [1.807, 2.05) is 6.92 Å². The monoisotopic (exact) mass is 646 g/mol. The van der Waals surface area contributed by atoms with Gasteiger partial charge in [0.1, 0.15) is 0 Å². The van der Waals surface area contributed by atoms with E-state index in [1.54, 1.807) is 31.4 Å². The molecule has 1 N–H and O–H groups in total. The number of methoxy groups -OCH3 is 3. The van der Waals surface area contributed by atoms with Crippen LogP contribution in [0.4, 0.5) is 10.5 Å². The van der Waals surface area contributed by atoms with E-state index in [0.29, 0.717) is 24.8 Å². The van der Waals surface area contributed by atoms with Crippen LogP contribution in [0.3, 0.4) is 0 Å². The zero-order valence-electron chi connectivity index (χ0n) is 25.8. The Morgan fingerprint density at radius 3 is 2.40 bits per heavy atom. The van der Waals surface area contributed by atoms with Gasteiger partial charge in [0.25, 0.3) is 15.8 Å². The number of nitrogens with one attached hydrogen (secondary N) is 1. The van der Waals surface area contributed by atoms with Gasteiger partial charge in [-0.3, -0.25) is 14.3 Å². The minimum atomic E-state index is -3.74. The molecule has 0 unspecified atom stereocenters. The van der Waals surface area contributed by atoms with Crippen molar-refractivity contribution >= 4 is 27.9 Å². The largest absolute Gasteiger partial charge is 0.493 e. The Morgan fingerprint density at radius 2 is 1.84 bits per heavy atom. The maximum absolute atomic E-state index is 13.1. The predicted octanol–water partition coefficient (Wildman–Crippen LogP) is 4.61. The van der Waals surface area contributed by atoms with Crippen molar-refractivity contribution in [3.8, 4) is 11.5 Å². The standard InChI is InChI=1S/C31H38N2O11S/c1-7-31-24(30(2,16-15-25(31)40-3)18-43-45(6,38)39)17-22(27(31)32-29(35)42-5)21-9-8-10-23(26(21)41-4)44-28(34)19-11-13-20(14-12-19)33(36)37/h7-14,22,24-25,27H,1,15-18H2,2-6H3,(H,32,35)/t22-,24-,25+,27-,30-,31-/m0/s1. The summed E-state index contributed by atoms with van der Waals surface area (Å²) < 4.78 is 52.0. The van der Waals surface area contributed by atoms with Crippen LogP contribution in [-0.4, -0.2) is 71.7 Å². The van der Waals surface area contributed by atoms with Crippen molar-refractivity contribution in [2.75, 3.05) is 34.2 Å². The lowest BCUT2D eigenvalue weighted by Gasteiger charge is -2.54. The van der Waals surface area contributed by atoms with Gasteiger partial charge in [0.2, 0.25) is 0 Å². The lowest BCUT2D eigenvalue weighted by Crippen LogP contribution is -2.59. The fourth-order valence-corrected chi connectivity index (χ4v) is 7.70. The van der Waals surface area contributed by atoms with E-state index in [1.165, 1.54) is 38.5 Å². The number of nitro benzene ring substituents is 1. The number of ether oxygens (including phenoxy) is 4. The van der Waals surface area contributed by atoms with Gasteiger partial charge in [0, 0.05) is 36.1 Å². The number of nitrogens with zero attached hydrogens (tertiary/aromatic N) is 1. The SMILES string of the molecule is C=C[C@@]12[C@H](OC)CC[C@@](C)(COS(C)(=O)=O)[C@@H]1C[C@@H](c1cccc(OC(=O)c3ccc([N+](=O)[O-])cc3)c1OC)[C@@H]2NC(=O)OC. The summed E-state index contributed by atoms with van der Waals surface area (Å²) in [5, 5.41) is 14.0. The third kappa shape index (κ3) is 6.53. The molecular weight excluding hydrogens is 608 g/mol. The van der Waals surface area contributed by atoms with Crippen LogP contribution in [0.2, 0.25) is 0 Å². The Morgan fingerprint density at radius 1 is 1.16 bits per heavy atom. The second-order valence-corrected chi connectivity index (χ2v) is 13.3. The number of para-hydroxylation sites is 1. The topological polar surface area (TPSA) is 170 Å². The predicted molar refractivity (Wildman–Crippen MR) is 163 cm³/mol. The molecule has 244 valence electrons. The Balaban J connectivity index is 1.80. The summed E-state index contributed by atoms with van der Waals surface area (Å²) in [5.41, 5.74) is -1.01. The maximum atomic E-state index is 13.1. The average molecular weight is 647 g/mol. The summed E-state index contributed by atoms with van der Waals surface area (Å²) in [7, 11) is 0.531. The molecule has 13 nitrogen and oxygen atoms in total. The highest BCUT2D eigenvalue weighted by molar-refractivity contribution is 7.85. The highest BCUT2D eigenvalue weighted by atomic mass is 32.2. The minimum Gasteiger partial charge on any atom is -0.493 e. The number of fused-ring (bicyclic) bond motifs is 1. The van der Waals surface area contributed by atoms with Gasteiger partial charge in [-0.2, -0.15) is 8.42 Å². The van der Waals surface area contributed by atoms with E-state index in [-0.39, 0.29) is 35.3 Å². The number of hydrogen-bond acceptors (Lipinski definition) is 11. The molecule has 2 aromatic rings. The second-order valence-electron chi connectivity index (χ2n) is 11.7. The van der Waals surface area contributed by atoms with Gasteiger partial charge in [-0.05, 0) is 48.8 Å². The smallest absolute Gasteiger partial charge is 0.407 e. The first kappa shape index (κ1) is 33.9. The third-order valence-electron chi connectivity index (χ3n) is 9.24. The Kier molecular flexibility index (Phi) is 9.90. The number of alkyl carbamates (subject to hydrolysis) is 1. The number of carbonyl (C=O) groups is 2. The van der Waals surface area contributed by atoms with Crippen molar-refractivity contribution in [2.24, 2.45) is 16.7 Å². The fourth-order valence-electron chi connectivity index (χ4n) is 7.21. The molecule has 6 atom stereocenters. The first-order valence-electron chi connectivity index (χ1n) is 14.2. The molecule has 0 bridgehead atoms. The van der Waals surface area contributed by atoms with Gasteiger partial charge in [-0.25, -0.2) is 9.59 Å². The van der Waals surface area contributed by atoms with Gasteiger partial charge in [0.05, 0.1) is 49.7 Å². The van der Waals surface area contributed by atoms with Crippen LogP contribution < -0.4 is 14.8 Å². The Bertz CT molecular complexity index is 1560. The van der Waals surface area contributed by atoms with Gasteiger partial charge >= 0.3 is 12.1 Å². The highest BCUT2D eigenvalue weighted by Crippen LogP contribution is 2.65. The number of nitro groups is 1. The molecule has 4 rings (SSSR count). The van der Waals surface area contributed by atoms with Gasteiger partial charge in [-0.15, -0.1) is 6.58 Å². The number of amides is 1.